The number of hydrogen-bond acceptors (Lipinski definition) is 2. The second-order valence-electron chi connectivity index (χ2n) is 5.74. The quantitative estimate of drug-likeness (QED) is 0.728. The van der Waals surface area contributed by atoms with E-state index in [1.54, 1.807) is 0 Å². The summed E-state index contributed by atoms with van der Waals surface area (Å²) in [6.45, 7) is 1.57. The first-order chi connectivity index (χ1) is 10.8. The molecule has 4 heteroatoms. The van der Waals surface area contributed by atoms with E-state index in [0.29, 0.717) is 11.6 Å². The molecule has 1 aromatic carbocycles. The van der Waals surface area contributed by atoms with Crippen LogP contribution in [0.2, 0.25) is 0 Å². The van der Waals surface area contributed by atoms with Crippen molar-refractivity contribution in [1.82, 2.24) is 14.3 Å². The number of imidazole rings is 1. The number of carbonyl (C=O) groups is 1. The van der Waals surface area contributed by atoms with E-state index in [2.05, 4.69) is 29.2 Å². The Hall–Kier alpha value is -2.62. The maximum Gasteiger partial charge on any atom is 0.274 e. The van der Waals surface area contributed by atoms with Crippen LogP contribution in [0.5, 0.6) is 0 Å². The summed E-state index contributed by atoms with van der Waals surface area (Å²) in [4.78, 5) is 19.0. The first-order valence-electron chi connectivity index (χ1n) is 7.59. The fraction of sp³-hybridized carbons (Fsp3) is 0.222. The molecule has 0 spiro atoms. The van der Waals surface area contributed by atoms with Gasteiger partial charge < -0.3 is 9.30 Å². The number of fused-ring (bicyclic) bond motifs is 1. The van der Waals surface area contributed by atoms with Gasteiger partial charge in [0.05, 0.1) is 0 Å². The Morgan fingerprint density at radius 2 is 1.91 bits per heavy atom. The number of amides is 1. The van der Waals surface area contributed by atoms with Crippen LogP contribution in [0.4, 0.5) is 0 Å². The Morgan fingerprint density at radius 1 is 1.09 bits per heavy atom. The van der Waals surface area contributed by atoms with Crippen molar-refractivity contribution in [2.45, 2.75) is 12.3 Å². The van der Waals surface area contributed by atoms with Gasteiger partial charge in [-0.1, -0.05) is 36.4 Å². The van der Waals surface area contributed by atoms with Gasteiger partial charge in [0.25, 0.3) is 5.91 Å². The maximum absolute atomic E-state index is 12.6. The zero-order valence-electron chi connectivity index (χ0n) is 12.2. The number of nitrogens with zero attached hydrogens (tertiary/aromatic N) is 3. The van der Waals surface area contributed by atoms with Crippen LogP contribution in [0.3, 0.4) is 0 Å². The molecule has 0 unspecified atom stereocenters. The minimum absolute atomic E-state index is 0.0298. The lowest BCUT2D eigenvalue weighted by molar-refractivity contribution is 0.0785. The van der Waals surface area contributed by atoms with E-state index >= 15 is 0 Å². The maximum atomic E-state index is 12.6. The van der Waals surface area contributed by atoms with Crippen molar-refractivity contribution in [1.29, 1.82) is 0 Å². The van der Waals surface area contributed by atoms with Gasteiger partial charge >= 0.3 is 0 Å². The molecule has 22 heavy (non-hydrogen) atoms. The van der Waals surface area contributed by atoms with Gasteiger partial charge in [-0.05, 0) is 24.1 Å². The first kappa shape index (κ1) is 13.1. The largest absolute Gasteiger partial charge is 0.337 e. The molecule has 1 atom stereocenters. The van der Waals surface area contributed by atoms with Gasteiger partial charge in [0.2, 0.25) is 0 Å². The molecule has 4 rings (SSSR count). The van der Waals surface area contributed by atoms with Crippen LogP contribution in [-0.4, -0.2) is 33.3 Å². The van der Waals surface area contributed by atoms with Gasteiger partial charge in [0.1, 0.15) is 11.3 Å². The number of rotatable bonds is 2. The summed E-state index contributed by atoms with van der Waals surface area (Å²) < 4.78 is 1.89. The van der Waals surface area contributed by atoms with E-state index in [1.165, 1.54) is 5.56 Å². The van der Waals surface area contributed by atoms with E-state index < -0.39 is 0 Å². The summed E-state index contributed by atoms with van der Waals surface area (Å²) in [5.41, 5.74) is 2.65. The van der Waals surface area contributed by atoms with E-state index in [1.807, 2.05) is 46.0 Å². The number of benzene rings is 1. The third-order valence-electron chi connectivity index (χ3n) is 4.33. The van der Waals surface area contributed by atoms with Crippen molar-refractivity contribution in [3.8, 4) is 0 Å². The van der Waals surface area contributed by atoms with Gasteiger partial charge in [0, 0.05) is 31.4 Å². The molecule has 0 radical (unpaired) electrons. The average molecular weight is 291 g/mol. The molecule has 3 aromatic rings. The zero-order valence-corrected chi connectivity index (χ0v) is 12.2. The number of carbonyl (C=O) groups excluding carboxylic acids is 1. The van der Waals surface area contributed by atoms with Crippen molar-refractivity contribution in [2.75, 3.05) is 13.1 Å². The van der Waals surface area contributed by atoms with Crippen molar-refractivity contribution in [3.05, 3.63) is 72.2 Å². The van der Waals surface area contributed by atoms with Crippen LogP contribution in [-0.2, 0) is 0 Å². The fourth-order valence-corrected chi connectivity index (χ4v) is 3.14. The van der Waals surface area contributed by atoms with Gasteiger partial charge in [-0.15, -0.1) is 0 Å². The van der Waals surface area contributed by atoms with Gasteiger partial charge in [-0.3, -0.25) is 4.79 Å². The van der Waals surface area contributed by atoms with E-state index in [9.17, 15) is 4.79 Å². The monoisotopic (exact) mass is 291 g/mol. The molecule has 3 heterocycles. The highest BCUT2D eigenvalue weighted by Gasteiger charge is 2.28. The predicted molar refractivity (Wildman–Crippen MR) is 84.9 cm³/mol. The fourth-order valence-electron chi connectivity index (χ4n) is 3.14. The molecule has 0 bridgehead atoms. The molecule has 4 nitrogen and oxygen atoms in total. The lowest BCUT2D eigenvalue weighted by Gasteiger charge is -2.15. The molecule has 1 saturated heterocycles. The highest BCUT2D eigenvalue weighted by molar-refractivity contribution is 5.93. The second kappa shape index (κ2) is 5.30. The van der Waals surface area contributed by atoms with Crippen LogP contribution in [0.1, 0.15) is 28.4 Å². The summed E-state index contributed by atoms with van der Waals surface area (Å²) in [6, 6.07) is 16.2. The van der Waals surface area contributed by atoms with E-state index in [0.717, 1.165) is 25.2 Å². The summed E-state index contributed by atoms with van der Waals surface area (Å²) in [5, 5.41) is 0. The first-order valence-corrected chi connectivity index (χ1v) is 7.59. The molecule has 1 fully saturated rings. The third-order valence-corrected chi connectivity index (χ3v) is 4.33. The Balaban J connectivity index is 1.54. The molecule has 2 aromatic heterocycles. The van der Waals surface area contributed by atoms with Crippen LogP contribution in [0.15, 0.2) is 60.9 Å². The molecule has 1 amide bonds. The van der Waals surface area contributed by atoms with Crippen molar-refractivity contribution in [3.63, 3.8) is 0 Å². The number of aromatic nitrogens is 2. The van der Waals surface area contributed by atoms with E-state index in [4.69, 9.17) is 0 Å². The Morgan fingerprint density at radius 3 is 2.73 bits per heavy atom. The molecule has 1 aliphatic rings. The topological polar surface area (TPSA) is 37.6 Å². The minimum atomic E-state index is 0.0298. The smallest absolute Gasteiger partial charge is 0.274 e. The minimum Gasteiger partial charge on any atom is -0.337 e. The molecule has 0 N–H and O–H groups in total. The third kappa shape index (κ3) is 2.26. The van der Waals surface area contributed by atoms with Crippen LogP contribution in [0, 0.1) is 0 Å². The number of likely N-dealkylation sites (tertiary alicyclic amines) is 1. The molecule has 0 aliphatic carbocycles. The molecule has 110 valence electrons. The van der Waals surface area contributed by atoms with E-state index in [-0.39, 0.29) is 5.91 Å². The van der Waals surface area contributed by atoms with Crippen molar-refractivity contribution in [2.24, 2.45) is 0 Å². The van der Waals surface area contributed by atoms with Gasteiger partial charge in [0.15, 0.2) is 0 Å². The lowest BCUT2D eigenvalue weighted by Crippen LogP contribution is -2.28. The average Bonchev–Trinajstić information content (AvgIpc) is 3.22. The summed E-state index contributed by atoms with van der Waals surface area (Å²) in [5.74, 6) is 0.462. The molecular weight excluding hydrogens is 274 g/mol. The Kier molecular flexibility index (Phi) is 3.15. The standard InChI is InChI=1S/C18H17N3O/c22-18(16-13-20-10-5-4-8-17(20)19-16)21-11-9-15(12-21)14-6-2-1-3-7-14/h1-8,10,13,15H,9,11-12H2/t15-/m1/s1. The SMILES string of the molecule is O=C(c1cn2ccccc2n1)N1CC[C@@H](c2ccccc2)C1. The van der Waals surface area contributed by atoms with Crippen molar-refractivity contribution >= 4 is 11.6 Å². The van der Waals surface area contributed by atoms with Gasteiger partial charge in [-0.2, -0.15) is 0 Å². The highest BCUT2D eigenvalue weighted by atomic mass is 16.2. The van der Waals surface area contributed by atoms with Crippen LogP contribution < -0.4 is 0 Å². The summed E-state index contributed by atoms with van der Waals surface area (Å²) >= 11 is 0. The second-order valence-corrected chi connectivity index (χ2v) is 5.74. The van der Waals surface area contributed by atoms with Crippen LogP contribution in [0.25, 0.3) is 5.65 Å². The normalized spacial score (nSPS) is 18.0. The predicted octanol–water partition coefficient (Wildman–Crippen LogP) is 2.96. The summed E-state index contributed by atoms with van der Waals surface area (Å²) in [7, 11) is 0. The summed E-state index contributed by atoms with van der Waals surface area (Å²) in [6.07, 6.45) is 4.74. The highest BCUT2D eigenvalue weighted by Crippen LogP contribution is 2.27. The number of hydrogen-bond donors (Lipinski definition) is 0. The van der Waals surface area contributed by atoms with Crippen LogP contribution >= 0.6 is 0 Å². The van der Waals surface area contributed by atoms with Gasteiger partial charge in [-0.25, -0.2) is 4.98 Å². The Labute approximate surface area is 129 Å². The lowest BCUT2D eigenvalue weighted by atomic mass is 9.99. The Bertz CT molecular complexity index is 776. The van der Waals surface area contributed by atoms with Crippen molar-refractivity contribution < 1.29 is 4.79 Å². The molecular formula is C18H17N3O. The molecule has 0 saturated carbocycles. The zero-order chi connectivity index (χ0) is 14.9. The molecule has 1 aliphatic heterocycles. The number of pyridine rings is 1.